The van der Waals surface area contributed by atoms with Crippen LogP contribution in [0.4, 0.5) is 0 Å². The molecule has 1 N–H and O–H groups in total. The standard InChI is InChI=1S/C9H12N4.C2H6/c1-5(2)8-7-4-10-13-9(7)12-6(3)11-8;1-2/h4-5H,1-3H3,(H,10,11,12,13);1-2H3. The van der Waals surface area contributed by atoms with E-state index in [-0.39, 0.29) is 0 Å². The van der Waals surface area contributed by atoms with Gasteiger partial charge in [0.15, 0.2) is 5.65 Å². The number of aromatic amines is 1. The van der Waals surface area contributed by atoms with Crippen molar-refractivity contribution in [3.8, 4) is 0 Å². The van der Waals surface area contributed by atoms with Gasteiger partial charge in [-0.1, -0.05) is 27.7 Å². The highest BCUT2D eigenvalue weighted by molar-refractivity contribution is 5.76. The summed E-state index contributed by atoms with van der Waals surface area (Å²) in [7, 11) is 0. The van der Waals surface area contributed by atoms with E-state index in [0.717, 1.165) is 22.6 Å². The van der Waals surface area contributed by atoms with Crippen LogP contribution in [0.1, 0.15) is 45.1 Å². The van der Waals surface area contributed by atoms with E-state index in [1.807, 2.05) is 20.8 Å². The van der Waals surface area contributed by atoms with Gasteiger partial charge in [-0.2, -0.15) is 5.10 Å². The molecule has 0 bridgehead atoms. The third kappa shape index (κ3) is 2.32. The van der Waals surface area contributed by atoms with Crippen molar-refractivity contribution < 1.29 is 0 Å². The number of hydrogen-bond acceptors (Lipinski definition) is 3. The van der Waals surface area contributed by atoms with Crippen LogP contribution in [0.15, 0.2) is 6.20 Å². The SMILES string of the molecule is CC.Cc1nc(C(C)C)c2cn[nH]c2n1. The van der Waals surface area contributed by atoms with Gasteiger partial charge >= 0.3 is 0 Å². The van der Waals surface area contributed by atoms with Gasteiger partial charge in [0.25, 0.3) is 0 Å². The Kier molecular flexibility index (Phi) is 3.77. The van der Waals surface area contributed by atoms with Gasteiger partial charge in [-0.25, -0.2) is 9.97 Å². The number of hydrogen-bond donors (Lipinski definition) is 1. The Bertz CT molecular complexity index is 431. The maximum atomic E-state index is 4.40. The molecule has 82 valence electrons. The van der Waals surface area contributed by atoms with Crippen molar-refractivity contribution in [2.45, 2.75) is 40.5 Å². The molecule has 0 unspecified atom stereocenters. The maximum absolute atomic E-state index is 4.40. The third-order valence-corrected chi connectivity index (χ3v) is 2.00. The lowest BCUT2D eigenvalue weighted by molar-refractivity contribution is 0.817. The van der Waals surface area contributed by atoms with Crippen molar-refractivity contribution in [1.82, 2.24) is 20.2 Å². The molecule has 0 saturated heterocycles. The summed E-state index contributed by atoms with van der Waals surface area (Å²) in [6.07, 6.45) is 1.78. The second kappa shape index (κ2) is 4.87. The lowest BCUT2D eigenvalue weighted by Crippen LogP contribution is -1.98. The van der Waals surface area contributed by atoms with Gasteiger partial charge in [0, 0.05) is 0 Å². The minimum Gasteiger partial charge on any atom is -0.261 e. The molecule has 4 heteroatoms. The van der Waals surface area contributed by atoms with Gasteiger partial charge in [-0.15, -0.1) is 0 Å². The molecule has 0 aliphatic carbocycles. The largest absolute Gasteiger partial charge is 0.261 e. The van der Waals surface area contributed by atoms with E-state index in [4.69, 9.17) is 0 Å². The zero-order valence-electron chi connectivity index (χ0n) is 10.00. The number of nitrogens with zero attached hydrogens (tertiary/aromatic N) is 3. The van der Waals surface area contributed by atoms with E-state index >= 15 is 0 Å². The van der Waals surface area contributed by atoms with Gasteiger partial charge in [-0.05, 0) is 12.8 Å². The van der Waals surface area contributed by atoms with Crippen molar-refractivity contribution in [3.05, 3.63) is 17.7 Å². The molecular formula is C11H18N4. The molecule has 2 aromatic rings. The predicted octanol–water partition coefficient (Wildman–Crippen LogP) is 2.81. The lowest BCUT2D eigenvalue weighted by atomic mass is 10.1. The van der Waals surface area contributed by atoms with Gasteiger partial charge in [0.1, 0.15) is 5.82 Å². The quantitative estimate of drug-likeness (QED) is 0.780. The lowest BCUT2D eigenvalue weighted by Gasteiger charge is -2.05. The normalized spacial score (nSPS) is 10.3. The Morgan fingerprint density at radius 2 is 1.87 bits per heavy atom. The van der Waals surface area contributed by atoms with Crippen LogP contribution in [-0.4, -0.2) is 20.2 Å². The number of rotatable bonds is 1. The highest BCUT2D eigenvalue weighted by atomic mass is 15.1. The molecule has 2 rings (SSSR count). The highest BCUT2D eigenvalue weighted by Crippen LogP contribution is 2.20. The fraction of sp³-hybridized carbons (Fsp3) is 0.545. The fourth-order valence-electron chi connectivity index (χ4n) is 1.41. The molecule has 0 spiro atoms. The smallest absolute Gasteiger partial charge is 0.159 e. The van der Waals surface area contributed by atoms with E-state index in [0.29, 0.717) is 5.92 Å². The summed E-state index contributed by atoms with van der Waals surface area (Å²) in [5.41, 5.74) is 1.90. The van der Waals surface area contributed by atoms with Crippen LogP contribution < -0.4 is 0 Å². The third-order valence-electron chi connectivity index (χ3n) is 2.00. The average molecular weight is 206 g/mol. The highest BCUT2D eigenvalue weighted by Gasteiger charge is 2.09. The van der Waals surface area contributed by atoms with Crippen molar-refractivity contribution in [3.63, 3.8) is 0 Å². The minimum absolute atomic E-state index is 0.404. The second-order valence-electron chi connectivity index (χ2n) is 3.44. The molecular weight excluding hydrogens is 188 g/mol. The van der Waals surface area contributed by atoms with Gasteiger partial charge in [-0.3, -0.25) is 5.10 Å². The summed E-state index contributed by atoms with van der Waals surface area (Å²) >= 11 is 0. The van der Waals surface area contributed by atoms with E-state index in [1.165, 1.54) is 0 Å². The zero-order chi connectivity index (χ0) is 11.4. The second-order valence-corrected chi connectivity index (χ2v) is 3.44. The van der Waals surface area contributed by atoms with E-state index in [9.17, 15) is 0 Å². The Hall–Kier alpha value is -1.45. The van der Waals surface area contributed by atoms with Crippen LogP contribution in [0, 0.1) is 6.92 Å². The van der Waals surface area contributed by atoms with Crippen molar-refractivity contribution in [1.29, 1.82) is 0 Å². The molecule has 0 amide bonds. The topological polar surface area (TPSA) is 54.5 Å². The van der Waals surface area contributed by atoms with Crippen LogP contribution >= 0.6 is 0 Å². The van der Waals surface area contributed by atoms with Crippen molar-refractivity contribution in [2.24, 2.45) is 0 Å². The first-order valence-electron chi connectivity index (χ1n) is 5.36. The molecule has 2 heterocycles. The van der Waals surface area contributed by atoms with E-state index < -0.39 is 0 Å². The van der Waals surface area contributed by atoms with Crippen LogP contribution in [0.3, 0.4) is 0 Å². The molecule has 0 aromatic carbocycles. The summed E-state index contributed by atoms with van der Waals surface area (Å²) in [4.78, 5) is 8.65. The number of fused-ring (bicyclic) bond motifs is 1. The Balaban J connectivity index is 0.000000531. The van der Waals surface area contributed by atoms with Crippen LogP contribution in [0.2, 0.25) is 0 Å². The van der Waals surface area contributed by atoms with E-state index in [2.05, 4.69) is 34.0 Å². The number of H-pyrrole nitrogens is 1. The zero-order valence-corrected chi connectivity index (χ0v) is 10.00. The van der Waals surface area contributed by atoms with E-state index in [1.54, 1.807) is 6.20 Å². The van der Waals surface area contributed by atoms with Crippen LogP contribution in [-0.2, 0) is 0 Å². The Morgan fingerprint density at radius 1 is 1.20 bits per heavy atom. The first-order valence-corrected chi connectivity index (χ1v) is 5.36. The minimum atomic E-state index is 0.404. The fourth-order valence-corrected chi connectivity index (χ4v) is 1.41. The first-order chi connectivity index (χ1) is 7.18. The number of nitrogens with one attached hydrogen (secondary N) is 1. The van der Waals surface area contributed by atoms with Gasteiger partial charge in [0.2, 0.25) is 0 Å². The van der Waals surface area contributed by atoms with Crippen LogP contribution in [0.25, 0.3) is 11.0 Å². The summed E-state index contributed by atoms with van der Waals surface area (Å²) < 4.78 is 0. The monoisotopic (exact) mass is 206 g/mol. The average Bonchev–Trinajstić information content (AvgIpc) is 2.67. The molecule has 0 saturated carbocycles. The Morgan fingerprint density at radius 3 is 2.47 bits per heavy atom. The van der Waals surface area contributed by atoms with Crippen LogP contribution in [0.5, 0.6) is 0 Å². The summed E-state index contributed by atoms with van der Waals surface area (Å²) in [6.45, 7) is 10.1. The summed E-state index contributed by atoms with van der Waals surface area (Å²) in [6, 6.07) is 0. The maximum Gasteiger partial charge on any atom is 0.159 e. The first kappa shape index (κ1) is 11.6. The number of aryl methyl sites for hydroxylation is 1. The molecule has 0 aliphatic heterocycles. The molecule has 0 aliphatic rings. The molecule has 0 fully saturated rings. The van der Waals surface area contributed by atoms with Crippen molar-refractivity contribution >= 4 is 11.0 Å². The Labute approximate surface area is 90.1 Å². The predicted molar refractivity (Wildman–Crippen MR) is 61.9 cm³/mol. The molecule has 0 radical (unpaired) electrons. The summed E-state index contributed by atoms with van der Waals surface area (Å²) in [5, 5.41) is 7.84. The summed E-state index contributed by atoms with van der Waals surface area (Å²) in [5.74, 6) is 1.20. The molecule has 4 nitrogen and oxygen atoms in total. The van der Waals surface area contributed by atoms with Crippen molar-refractivity contribution in [2.75, 3.05) is 0 Å². The number of aromatic nitrogens is 4. The van der Waals surface area contributed by atoms with Gasteiger partial charge in [0.05, 0.1) is 17.3 Å². The molecule has 2 aromatic heterocycles. The van der Waals surface area contributed by atoms with Gasteiger partial charge < -0.3 is 0 Å². The molecule has 0 atom stereocenters. The molecule has 15 heavy (non-hydrogen) atoms.